The Kier molecular flexibility index (Phi) is 1.91. The molecule has 1 aromatic rings. The fraction of sp³-hybridized carbons (Fsp3) is 0. The summed E-state index contributed by atoms with van der Waals surface area (Å²) in [6, 6.07) is 3.62. The summed E-state index contributed by atoms with van der Waals surface area (Å²) >= 11 is 1.81. The van der Waals surface area contributed by atoms with E-state index in [-0.39, 0.29) is 4.90 Å². The van der Waals surface area contributed by atoms with Crippen LogP contribution in [0.5, 0.6) is 0 Å². The zero-order valence-electron chi connectivity index (χ0n) is 6.16. The molecule has 0 fully saturated rings. The molecule has 0 saturated heterocycles. The van der Waals surface area contributed by atoms with Crippen molar-refractivity contribution >= 4 is 36.3 Å². The Labute approximate surface area is 87.9 Å². The smallest absolute Gasteiger partial charge is 0.207 e. The van der Waals surface area contributed by atoms with Crippen molar-refractivity contribution in [3.63, 3.8) is 0 Å². The zero-order chi connectivity index (χ0) is 9.64. The van der Waals surface area contributed by atoms with Crippen LogP contribution in [-0.2, 0) is 10.0 Å². The molecule has 1 aromatic carbocycles. The van der Waals surface area contributed by atoms with Crippen LogP contribution >= 0.6 is 22.6 Å². The molecule has 0 N–H and O–H groups in total. The summed E-state index contributed by atoms with van der Waals surface area (Å²) in [5, 5.41) is 0. The average Bonchev–Trinajstić information content (AvgIpc) is 2.23. The van der Waals surface area contributed by atoms with E-state index in [0.29, 0.717) is 9.28 Å². The monoisotopic (exact) mass is 311 g/mol. The molecule has 1 heterocycles. The van der Waals surface area contributed by atoms with Crippen molar-refractivity contribution in [1.82, 2.24) is 0 Å². The van der Waals surface area contributed by atoms with Gasteiger partial charge in [0.2, 0.25) is 0 Å². The van der Waals surface area contributed by atoms with E-state index < -0.39 is 15.8 Å². The molecule has 0 aliphatic carbocycles. The van der Waals surface area contributed by atoms with E-state index >= 15 is 0 Å². The first-order valence-electron chi connectivity index (χ1n) is 3.31. The van der Waals surface area contributed by atoms with Gasteiger partial charge in [0.25, 0.3) is 10.0 Å². The van der Waals surface area contributed by atoms with Gasteiger partial charge in [-0.05, 0) is 40.8 Å². The van der Waals surface area contributed by atoms with E-state index in [4.69, 9.17) is 0 Å². The second-order valence-corrected chi connectivity index (χ2v) is 5.09. The number of hydrogen-bond donors (Lipinski definition) is 0. The van der Waals surface area contributed by atoms with E-state index in [1.165, 1.54) is 12.1 Å². The maximum absolute atomic E-state index is 12.7. The molecule has 0 bridgehead atoms. The van der Waals surface area contributed by atoms with Gasteiger partial charge in [-0.2, -0.15) is 12.8 Å². The molecule has 3 nitrogen and oxygen atoms in total. The van der Waals surface area contributed by atoms with Gasteiger partial charge >= 0.3 is 0 Å². The molecule has 1 aliphatic heterocycles. The first kappa shape index (κ1) is 9.07. The molecule has 68 valence electrons. The average molecular weight is 311 g/mol. The van der Waals surface area contributed by atoms with Gasteiger partial charge in [0.15, 0.2) is 0 Å². The normalized spacial score (nSPS) is 18.2. The molecule has 13 heavy (non-hydrogen) atoms. The highest BCUT2D eigenvalue weighted by Crippen LogP contribution is 2.29. The minimum absolute atomic E-state index is 0.0445. The number of fused-ring (bicyclic) bond motifs is 1. The maximum atomic E-state index is 12.7. The number of rotatable bonds is 0. The first-order chi connectivity index (χ1) is 6.00. The number of halogens is 2. The molecule has 0 atom stereocenters. The van der Waals surface area contributed by atoms with Crippen molar-refractivity contribution in [1.29, 1.82) is 0 Å². The van der Waals surface area contributed by atoms with Gasteiger partial charge in [0.05, 0.1) is 0 Å². The van der Waals surface area contributed by atoms with E-state index in [1.807, 2.05) is 22.6 Å². The summed E-state index contributed by atoms with van der Waals surface area (Å²) < 4.78 is 39.0. The van der Waals surface area contributed by atoms with Crippen LogP contribution in [0.1, 0.15) is 5.56 Å². The highest BCUT2D eigenvalue weighted by molar-refractivity contribution is 14.1. The van der Waals surface area contributed by atoms with Gasteiger partial charge < -0.3 is 0 Å². The van der Waals surface area contributed by atoms with Crippen molar-refractivity contribution in [2.45, 2.75) is 4.90 Å². The number of benzene rings is 1. The van der Waals surface area contributed by atoms with Crippen LogP contribution in [0.4, 0.5) is 4.39 Å². The van der Waals surface area contributed by atoms with E-state index in [0.717, 1.165) is 6.07 Å². The third-order valence-corrected chi connectivity index (χ3v) is 4.11. The molecule has 0 saturated carbocycles. The molecule has 0 radical (unpaired) electrons. The van der Waals surface area contributed by atoms with Crippen molar-refractivity contribution < 1.29 is 12.8 Å². The minimum atomic E-state index is -3.64. The highest BCUT2D eigenvalue weighted by atomic mass is 127. The van der Waals surface area contributed by atoms with Crippen LogP contribution in [0, 0.1) is 5.82 Å². The SMILES string of the molecule is O=S1(=O)N=C(I)c2ccc(F)cc21. The molecule has 0 aromatic heterocycles. The quantitative estimate of drug-likeness (QED) is 0.685. The Morgan fingerprint density at radius 2 is 2.08 bits per heavy atom. The molecule has 6 heteroatoms. The molecular formula is C7H3FINO2S. The van der Waals surface area contributed by atoms with E-state index in [2.05, 4.69) is 4.40 Å². The number of nitrogens with zero attached hydrogens (tertiary/aromatic N) is 1. The van der Waals surface area contributed by atoms with E-state index in [9.17, 15) is 12.8 Å². The van der Waals surface area contributed by atoms with Gasteiger partial charge in [0.1, 0.15) is 14.4 Å². The Balaban J connectivity index is 2.83. The number of sulfonamides is 1. The Hall–Kier alpha value is -0.500. The highest BCUT2D eigenvalue weighted by Gasteiger charge is 2.27. The topological polar surface area (TPSA) is 46.5 Å². The molecule has 0 unspecified atom stereocenters. The fourth-order valence-corrected chi connectivity index (χ4v) is 3.63. The lowest BCUT2D eigenvalue weighted by molar-refractivity contribution is 0.594. The Bertz CT molecular complexity index is 509. The third-order valence-electron chi connectivity index (χ3n) is 1.64. The predicted molar refractivity (Wildman–Crippen MR) is 54.1 cm³/mol. The fourth-order valence-electron chi connectivity index (χ4n) is 1.08. The van der Waals surface area contributed by atoms with Gasteiger partial charge in [-0.25, -0.2) is 4.39 Å². The molecule has 1 aliphatic rings. The maximum Gasteiger partial charge on any atom is 0.284 e. The summed E-state index contributed by atoms with van der Waals surface area (Å²) in [7, 11) is -3.64. The summed E-state index contributed by atoms with van der Waals surface area (Å²) in [4.78, 5) is -0.0445. The zero-order valence-corrected chi connectivity index (χ0v) is 9.13. The lowest BCUT2D eigenvalue weighted by Gasteiger charge is -1.95. The standard InChI is InChI=1S/C7H3FINO2S/c8-4-1-2-5-6(3-4)13(11,12)10-7(5)9/h1-3H. The van der Waals surface area contributed by atoms with Crippen LogP contribution in [0.3, 0.4) is 0 Å². The minimum Gasteiger partial charge on any atom is -0.207 e. The summed E-state index contributed by atoms with van der Waals surface area (Å²) in [6.07, 6.45) is 0. The van der Waals surface area contributed by atoms with Crippen LogP contribution in [-0.4, -0.2) is 12.1 Å². The van der Waals surface area contributed by atoms with Gasteiger partial charge in [-0.3, -0.25) is 0 Å². The number of hydrogen-bond acceptors (Lipinski definition) is 2. The van der Waals surface area contributed by atoms with Crippen molar-refractivity contribution in [2.75, 3.05) is 0 Å². The first-order valence-corrected chi connectivity index (χ1v) is 5.83. The van der Waals surface area contributed by atoms with Crippen molar-refractivity contribution in [2.24, 2.45) is 4.40 Å². The second kappa shape index (κ2) is 2.74. The Morgan fingerprint density at radius 1 is 1.38 bits per heavy atom. The van der Waals surface area contributed by atoms with Gasteiger partial charge in [0, 0.05) is 5.56 Å². The van der Waals surface area contributed by atoms with Crippen LogP contribution in [0.15, 0.2) is 27.5 Å². The lowest BCUT2D eigenvalue weighted by Crippen LogP contribution is -1.94. The van der Waals surface area contributed by atoms with Gasteiger partial charge in [-0.1, -0.05) is 0 Å². The lowest BCUT2D eigenvalue weighted by atomic mass is 10.2. The molecule has 2 rings (SSSR count). The van der Waals surface area contributed by atoms with Crippen LogP contribution in [0.25, 0.3) is 0 Å². The summed E-state index contributed by atoms with van der Waals surface area (Å²) in [5.41, 5.74) is 0.474. The molecule has 0 spiro atoms. The third kappa shape index (κ3) is 1.37. The van der Waals surface area contributed by atoms with Crippen LogP contribution < -0.4 is 0 Å². The molecule has 0 amide bonds. The van der Waals surface area contributed by atoms with Crippen LogP contribution in [0.2, 0.25) is 0 Å². The summed E-state index contributed by atoms with van der Waals surface area (Å²) in [6.45, 7) is 0. The largest absolute Gasteiger partial charge is 0.284 e. The summed E-state index contributed by atoms with van der Waals surface area (Å²) in [5.74, 6) is -0.566. The second-order valence-electron chi connectivity index (χ2n) is 2.50. The molecular weight excluding hydrogens is 308 g/mol. The predicted octanol–water partition coefficient (Wildman–Crippen LogP) is 1.71. The van der Waals surface area contributed by atoms with Crippen molar-refractivity contribution in [3.8, 4) is 0 Å². The Morgan fingerprint density at radius 3 is 2.77 bits per heavy atom. The van der Waals surface area contributed by atoms with Gasteiger partial charge in [-0.15, -0.1) is 0 Å². The van der Waals surface area contributed by atoms with Crippen molar-refractivity contribution in [3.05, 3.63) is 29.6 Å². The van der Waals surface area contributed by atoms with E-state index in [1.54, 1.807) is 0 Å².